The van der Waals surface area contributed by atoms with Gasteiger partial charge < -0.3 is 14.8 Å². The van der Waals surface area contributed by atoms with Crippen LogP contribution in [0.25, 0.3) is 0 Å². The molecule has 3 rings (SSSR count). The number of amides is 1. The van der Waals surface area contributed by atoms with Gasteiger partial charge in [-0.15, -0.1) is 0 Å². The second kappa shape index (κ2) is 7.18. The number of rotatable bonds is 5. The third kappa shape index (κ3) is 3.34. The molecule has 132 valence electrons. The average Bonchev–Trinajstić information content (AvgIpc) is 2.94. The average molecular weight is 339 g/mol. The molecule has 25 heavy (non-hydrogen) atoms. The second-order valence-corrected chi connectivity index (χ2v) is 6.54. The highest BCUT2D eigenvalue weighted by molar-refractivity contribution is 5.97. The van der Waals surface area contributed by atoms with E-state index >= 15 is 0 Å². The highest BCUT2D eigenvalue weighted by atomic mass is 16.5. The zero-order chi connectivity index (χ0) is 18.0. The molecule has 0 saturated carbocycles. The van der Waals surface area contributed by atoms with Gasteiger partial charge in [0.2, 0.25) is 0 Å². The molecule has 4 nitrogen and oxygen atoms in total. The number of fused-ring (bicyclic) bond motifs is 1. The summed E-state index contributed by atoms with van der Waals surface area (Å²) < 4.78 is 11.1. The highest BCUT2D eigenvalue weighted by Crippen LogP contribution is 2.40. The fraction of sp³-hybridized carbons (Fsp3) is 0.381. The summed E-state index contributed by atoms with van der Waals surface area (Å²) in [4.78, 5) is 12.9. The van der Waals surface area contributed by atoms with Gasteiger partial charge in [-0.05, 0) is 37.1 Å². The van der Waals surface area contributed by atoms with Crippen LogP contribution in [0.15, 0.2) is 42.5 Å². The number of benzene rings is 2. The molecule has 1 N–H and O–H groups in total. The van der Waals surface area contributed by atoms with Crippen molar-refractivity contribution in [1.82, 2.24) is 5.32 Å². The molecule has 3 atom stereocenters. The summed E-state index contributed by atoms with van der Waals surface area (Å²) in [6.45, 7) is 6.23. The zero-order valence-corrected chi connectivity index (χ0v) is 15.2. The van der Waals surface area contributed by atoms with Crippen molar-refractivity contribution >= 4 is 5.91 Å². The van der Waals surface area contributed by atoms with Crippen LogP contribution in [0.3, 0.4) is 0 Å². The van der Waals surface area contributed by atoms with Crippen LogP contribution in [0.4, 0.5) is 0 Å². The summed E-state index contributed by atoms with van der Waals surface area (Å²) >= 11 is 0. The Labute approximate surface area is 149 Å². The first-order valence-electron chi connectivity index (χ1n) is 8.79. The van der Waals surface area contributed by atoms with Gasteiger partial charge in [0.15, 0.2) is 0 Å². The van der Waals surface area contributed by atoms with E-state index in [0.717, 1.165) is 29.0 Å². The third-order valence-corrected chi connectivity index (χ3v) is 5.02. The van der Waals surface area contributed by atoms with Crippen LogP contribution >= 0.6 is 0 Å². The maximum absolute atomic E-state index is 12.9. The van der Waals surface area contributed by atoms with Crippen LogP contribution in [0, 0.1) is 0 Å². The van der Waals surface area contributed by atoms with Crippen molar-refractivity contribution in [3.05, 3.63) is 59.2 Å². The lowest BCUT2D eigenvalue weighted by Crippen LogP contribution is -2.28. The van der Waals surface area contributed by atoms with Gasteiger partial charge >= 0.3 is 0 Å². The van der Waals surface area contributed by atoms with Gasteiger partial charge in [0.05, 0.1) is 18.7 Å². The molecule has 0 spiro atoms. The highest BCUT2D eigenvalue weighted by Gasteiger charge is 2.31. The Bertz CT molecular complexity index is 754. The Morgan fingerprint density at radius 2 is 1.92 bits per heavy atom. The molecule has 1 aliphatic heterocycles. The Hall–Kier alpha value is -2.49. The van der Waals surface area contributed by atoms with Crippen molar-refractivity contribution in [2.24, 2.45) is 0 Å². The topological polar surface area (TPSA) is 47.6 Å². The minimum atomic E-state index is -0.0965. The Balaban J connectivity index is 1.82. The normalized spacial score (nSPS) is 19.7. The molecular weight excluding hydrogens is 314 g/mol. The minimum absolute atomic E-state index is 0.0505. The fourth-order valence-corrected chi connectivity index (χ4v) is 3.26. The monoisotopic (exact) mass is 339 g/mol. The van der Waals surface area contributed by atoms with Crippen molar-refractivity contribution in [2.45, 2.75) is 45.3 Å². The second-order valence-electron chi connectivity index (χ2n) is 6.54. The van der Waals surface area contributed by atoms with Gasteiger partial charge in [0.25, 0.3) is 5.91 Å². The number of ether oxygens (including phenoxy) is 2. The van der Waals surface area contributed by atoms with Crippen molar-refractivity contribution in [1.29, 1.82) is 0 Å². The quantitative estimate of drug-likeness (QED) is 0.875. The molecule has 4 heteroatoms. The number of hydrogen-bond donors (Lipinski definition) is 1. The SMILES string of the molecule is CC[C@H](NC(=O)c1cccc2c1O[C@H](C)[C@@H]2C)c1ccc(OC)cc1. The number of methoxy groups -OCH3 is 1. The van der Waals surface area contributed by atoms with Gasteiger partial charge in [-0.25, -0.2) is 0 Å². The van der Waals surface area contributed by atoms with Gasteiger partial charge in [0, 0.05) is 11.5 Å². The zero-order valence-electron chi connectivity index (χ0n) is 15.2. The molecule has 1 amide bonds. The first kappa shape index (κ1) is 17.3. The first-order valence-corrected chi connectivity index (χ1v) is 8.79. The van der Waals surface area contributed by atoms with E-state index in [4.69, 9.17) is 9.47 Å². The van der Waals surface area contributed by atoms with E-state index in [1.807, 2.05) is 49.4 Å². The molecule has 1 aliphatic rings. The standard InChI is InChI=1S/C21H25NO3/c1-5-19(15-9-11-16(24-4)12-10-15)22-21(23)18-8-6-7-17-13(2)14(3)25-20(17)18/h6-14,19H,5H2,1-4H3,(H,22,23)/t13-,14+,19-/m0/s1. The van der Waals surface area contributed by atoms with Crippen LogP contribution in [0.5, 0.6) is 11.5 Å². The molecule has 0 unspecified atom stereocenters. The van der Waals surface area contributed by atoms with Crippen molar-refractivity contribution in [2.75, 3.05) is 7.11 Å². The first-order chi connectivity index (χ1) is 12.0. The third-order valence-electron chi connectivity index (χ3n) is 5.02. The molecule has 0 aliphatic carbocycles. The molecule has 0 radical (unpaired) electrons. The lowest BCUT2D eigenvalue weighted by Gasteiger charge is -2.19. The number of hydrogen-bond acceptors (Lipinski definition) is 3. The van der Waals surface area contributed by atoms with Crippen LogP contribution < -0.4 is 14.8 Å². The van der Waals surface area contributed by atoms with Crippen molar-refractivity contribution in [3.63, 3.8) is 0 Å². The maximum atomic E-state index is 12.9. The summed E-state index contributed by atoms with van der Waals surface area (Å²) in [6.07, 6.45) is 0.897. The number of para-hydroxylation sites is 1. The molecule has 0 saturated heterocycles. The summed E-state index contributed by atoms with van der Waals surface area (Å²) in [7, 11) is 1.64. The summed E-state index contributed by atoms with van der Waals surface area (Å²) in [5.41, 5.74) is 2.78. The molecule has 0 bridgehead atoms. The van der Waals surface area contributed by atoms with Crippen LogP contribution in [-0.4, -0.2) is 19.1 Å². The number of carbonyl (C=O) groups excluding carboxylic acids is 1. The Kier molecular flexibility index (Phi) is 4.98. The summed E-state index contributed by atoms with van der Waals surface area (Å²) in [6, 6.07) is 13.6. The van der Waals surface area contributed by atoms with E-state index in [9.17, 15) is 4.79 Å². The molecular formula is C21H25NO3. The Morgan fingerprint density at radius 3 is 2.56 bits per heavy atom. The number of carbonyl (C=O) groups is 1. The molecule has 0 fully saturated rings. The Morgan fingerprint density at radius 1 is 1.20 bits per heavy atom. The minimum Gasteiger partial charge on any atom is -0.497 e. The van der Waals surface area contributed by atoms with E-state index in [1.54, 1.807) is 7.11 Å². The molecule has 0 aromatic heterocycles. The summed E-state index contributed by atoms with van der Waals surface area (Å²) in [5, 5.41) is 3.14. The van der Waals surface area contributed by atoms with E-state index in [0.29, 0.717) is 11.5 Å². The summed E-state index contributed by atoms with van der Waals surface area (Å²) in [5.74, 6) is 1.74. The number of nitrogens with one attached hydrogen (secondary N) is 1. The molecule has 1 heterocycles. The van der Waals surface area contributed by atoms with E-state index in [-0.39, 0.29) is 18.1 Å². The van der Waals surface area contributed by atoms with E-state index < -0.39 is 0 Å². The lowest BCUT2D eigenvalue weighted by molar-refractivity contribution is 0.0930. The van der Waals surface area contributed by atoms with Gasteiger partial charge in [-0.1, -0.05) is 38.1 Å². The van der Waals surface area contributed by atoms with E-state index in [2.05, 4.69) is 19.2 Å². The maximum Gasteiger partial charge on any atom is 0.255 e. The van der Waals surface area contributed by atoms with Crippen molar-refractivity contribution in [3.8, 4) is 11.5 Å². The fourth-order valence-electron chi connectivity index (χ4n) is 3.26. The van der Waals surface area contributed by atoms with E-state index in [1.165, 1.54) is 0 Å². The largest absolute Gasteiger partial charge is 0.497 e. The predicted molar refractivity (Wildman–Crippen MR) is 98.4 cm³/mol. The van der Waals surface area contributed by atoms with Gasteiger partial charge in [-0.2, -0.15) is 0 Å². The van der Waals surface area contributed by atoms with Crippen LogP contribution in [0.1, 0.15) is 60.6 Å². The van der Waals surface area contributed by atoms with Gasteiger partial charge in [0.1, 0.15) is 17.6 Å². The van der Waals surface area contributed by atoms with Crippen molar-refractivity contribution < 1.29 is 14.3 Å². The molecule has 2 aromatic rings. The smallest absolute Gasteiger partial charge is 0.255 e. The predicted octanol–water partition coefficient (Wildman–Crippen LogP) is 4.46. The lowest BCUT2D eigenvalue weighted by atomic mass is 9.96. The van der Waals surface area contributed by atoms with Gasteiger partial charge in [-0.3, -0.25) is 4.79 Å². The van der Waals surface area contributed by atoms with Crippen LogP contribution in [-0.2, 0) is 0 Å². The molecule has 2 aromatic carbocycles. The van der Waals surface area contributed by atoms with Crippen LogP contribution in [0.2, 0.25) is 0 Å².